The molecule has 30 heavy (non-hydrogen) atoms. The summed E-state index contributed by atoms with van der Waals surface area (Å²) >= 11 is 0. The summed E-state index contributed by atoms with van der Waals surface area (Å²) in [4.78, 5) is 38.9. The monoisotopic (exact) mass is 437 g/mol. The van der Waals surface area contributed by atoms with Gasteiger partial charge in [0, 0.05) is 12.8 Å². The normalized spacial score (nSPS) is 29.5. The van der Waals surface area contributed by atoms with Gasteiger partial charge in [0.1, 0.15) is 24.4 Å². The number of ether oxygens (including phenoxy) is 4. The van der Waals surface area contributed by atoms with Crippen LogP contribution in [0.1, 0.15) is 19.3 Å². The molecule has 0 aromatic rings. The summed E-state index contributed by atoms with van der Waals surface area (Å²) < 4.78 is 20.8. The Morgan fingerprint density at radius 3 is 2.17 bits per heavy atom. The van der Waals surface area contributed by atoms with E-state index in [1.54, 1.807) is 0 Å². The zero-order valence-electron chi connectivity index (χ0n) is 16.3. The average Bonchev–Trinajstić information content (AvgIpc) is 3.04. The minimum Gasteiger partial charge on any atom is -0.394 e. The molecule has 2 fully saturated rings. The lowest BCUT2D eigenvalue weighted by molar-refractivity contribution is -0.302. The molecule has 2 aliphatic rings. The molecule has 4 N–H and O–H groups in total. The van der Waals surface area contributed by atoms with Crippen LogP contribution in [-0.4, -0.2) is 114 Å². The summed E-state index contributed by atoms with van der Waals surface area (Å²) in [7, 11) is 0. The molecule has 5 atom stereocenters. The predicted molar refractivity (Wildman–Crippen MR) is 93.2 cm³/mol. The van der Waals surface area contributed by atoms with Gasteiger partial charge in [-0.3, -0.25) is 9.59 Å². The van der Waals surface area contributed by atoms with Crippen molar-refractivity contribution in [1.82, 2.24) is 5.06 Å². The molecule has 13 heteroatoms. The van der Waals surface area contributed by atoms with Crippen LogP contribution >= 0.6 is 0 Å². The average molecular weight is 437 g/mol. The summed E-state index contributed by atoms with van der Waals surface area (Å²) in [5, 5.41) is 38.7. The second kappa shape index (κ2) is 12.2. The van der Waals surface area contributed by atoms with Crippen LogP contribution in [0.4, 0.5) is 0 Å². The van der Waals surface area contributed by atoms with Crippen molar-refractivity contribution in [2.75, 3.05) is 39.6 Å². The number of rotatable bonds is 12. The predicted octanol–water partition coefficient (Wildman–Crippen LogP) is -3.17. The van der Waals surface area contributed by atoms with Crippen molar-refractivity contribution >= 4 is 17.8 Å². The third-order valence-corrected chi connectivity index (χ3v) is 4.38. The zero-order valence-corrected chi connectivity index (χ0v) is 16.3. The summed E-state index contributed by atoms with van der Waals surface area (Å²) in [6.07, 6.45) is -6.79. The minimum atomic E-state index is -1.51. The van der Waals surface area contributed by atoms with Gasteiger partial charge in [-0.15, -0.1) is 5.06 Å². The van der Waals surface area contributed by atoms with E-state index in [1.807, 2.05) is 0 Å². The number of carbonyl (C=O) groups excluding carboxylic acids is 3. The van der Waals surface area contributed by atoms with Gasteiger partial charge in [0.2, 0.25) is 0 Å². The Balaban J connectivity index is 1.48. The van der Waals surface area contributed by atoms with Gasteiger partial charge in [0.05, 0.1) is 46.1 Å². The first kappa shape index (κ1) is 24.6. The first-order chi connectivity index (χ1) is 14.3. The number of imide groups is 1. The minimum absolute atomic E-state index is 0.00685. The molecule has 0 bridgehead atoms. The molecule has 2 amide bonds. The second-order valence-corrected chi connectivity index (χ2v) is 6.59. The Kier molecular flexibility index (Phi) is 10.0. The van der Waals surface area contributed by atoms with Gasteiger partial charge >= 0.3 is 5.97 Å². The van der Waals surface area contributed by atoms with Crippen LogP contribution < -0.4 is 0 Å². The van der Waals surface area contributed by atoms with E-state index in [0.717, 1.165) is 0 Å². The molecule has 2 saturated heterocycles. The molecule has 2 rings (SSSR count). The highest BCUT2D eigenvalue weighted by Crippen LogP contribution is 2.21. The van der Waals surface area contributed by atoms with Crippen molar-refractivity contribution in [3.63, 3.8) is 0 Å². The Bertz CT molecular complexity index is 569. The van der Waals surface area contributed by atoms with E-state index in [9.17, 15) is 29.7 Å². The highest BCUT2D eigenvalue weighted by Gasteiger charge is 2.43. The molecular weight excluding hydrogens is 410 g/mol. The Hall–Kier alpha value is -1.71. The van der Waals surface area contributed by atoms with Crippen molar-refractivity contribution < 1.29 is 58.6 Å². The highest BCUT2D eigenvalue weighted by atomic mass is 16.7. The van der Waals surface area contributed by atoms with Crippen molar-refractivity contribution in [2.24, 2.45) is 0 Å². The molecule has 172 valence electrons. The van der Waals surface area contributed by atoms with Crippen LogP contribution in [0.5, 0.6) is 0 Å². The molecule has 1 unspecified atom stereocenters. The topological polar surface area (TPSA) is 182 Å². The van der Waals surface area contributed by atoms with Crippen LogP contribution in [0.25, 0.3) is 0 Å². The largest absolute Gasteiger partial charge is 0.394 e. The van der Waals surface area contributed by atoms with E-state index in [-0.39, 0.29) is 52.3 Å². The number of nitrogens with zero attached hydrogens (tertiary/aromatic N) is 1. The lowest BCUT2D eigenvalue weighted by Crippen LogP contribution is -2.59. The summed E-state index contributed by atoms with van der Waals surface area (Å²) in [5.74, 6) is -1.85. The molecule has 0 aromatic carbocycles. The van der Waals surface area contributed by atoms with Gasteiger partial charge in [0.25, 0.3) is 11.8 Å². The zero-order chi connectivity index (χ0) is 22.1. The number of hydrogen-bond acceptors (Lipinski definition) is 12. The number of aliphatic hydroxyl groups excluding tert-OH is 4. The maximum absolute atomic E-state index is 11.6. The van der Waals surface area contributed by atoms with Gasteiger partial charge in [-0.05, 0) is 0 Å². The van der Waals surface area contributed by atoms with Gasteiger partial charge in [-0.2, -0.15) is 0 Å². The van der Waals surface area contributed by atoms with Crippen molar-refractivity contribution in [3.8, 4) is 0 Å². The van der Waals surface area contributed by atoms with E-state index in [0.29, 0.717) is 5.06 Å². The van der Waals surface area contributed by atoms with Crippen molar-refractivity contribution in [1.29, 1.82) is 0 Å². The Labute approximate surface area is 172 Å². The van der Waals surface area contributed by atoms with E-state index in [4.69, 9.17) is 24.1 Å². The number of carbonyl (C=O) groups is 3. The highest BCUT2D eigenvalue weighted by molar-refractivity contribution is 6.01. The van der Waals surface area contributed by atoms with Crippen LogP contribution in [0.15, 0.2) is 0 Å². The Morgan fingerprint density at radius 2 is 1.53 bits per heavy atom. The fraction of sp³-hybridized carbons (Fsp3) is 0.824. The Morgan fingerprint density at radius 1 is 0.933 bits per heavy atom. The van der Waals surface area contributed by atoms with E-state index in [1.165, 1.54) is 0 Å². The standard InChI is InChI=1S/C17H27NO12/c19-9-10-14(23)15(24)16(25)17(29-10)28-8-7-27-6-5-26-4-3-13(22)30-18-11(20)1-2-12(18)21/h10,14-17,19,23-25H,1-9H2/t10-,14-,15+,16?,17-/m1/s1. The van der Waals surface area contributed by atoms with Crippen LogP contribution in [0.2, 0.25) is 0 Å². The van der Waals surface area contributed by atoms with Crippen molar-refractivity contribution in [2.45, 2.75) is 50.0 Å². The maximum Gasteiger partial charge on any atom is 0.335 e. The van der Waals surface area contributed by atoms with E-state index < -0.39 is 55.1 Å². The fourth-order valence-corrected chi connectivity index (χ4v) is 2.71. The first-order valence-corrected chi connectivity index (χ1v) is 9.49. The molecule has 2 heterocycles. The quantitative estimate of drug-likeness (QED) is 0.178. The van der Waals surface area contributed by atoms with Crippen molar-refractivity contribution in [3.05, 3.63) is 0 Å². The van der Waals surface area contributed by atoms with Gasteiger partial charge in [-0.1, -0.05) is 0 Å². The summed E-state index contributed by atoms with van der Waals surface area (Å²) in [5.41, 5.74) is 0. The summed E-state index contributed by atoms with van der Waals surface area (Å²) in [6.45, 7) is -0.0752. The molecule has 13 nitrogen and oxygen atoms in total. The molecule has 0 aliphatic carbocycles. The first-order valence-electron chi connectivity index (χ1n) is 9.49. The molecule has 0 aromatic heterocycles. The SMILES string of the molecule is O=C(CCOCCOCCO[C@@H]1O[C@H](CO)[C@@H](O)[C@H](O)C1O)ON1C(=O)CCC1=O. The van der Waals surface area contributed by atoms with Crippen LogP contribution in [0, 0.1) is 0 Å². The van der Waals surface area contributed by atoms with Gasteiger partial charge in [0.15, 0.2) is 6.29 Å². The molecule has 0 saturated carbocycles. The molecule has 0 spiro atoms. The second-order valence-electron chi connectivity index (χ2n) is 6.59. The number of hydrogen-bond donors (Lipinski definition) is 4. The number of hydroxylamine groups is 2. The number of aliphatic hydroxyl groups is 4. The van der Waals surface area contributed by atoms with E-state index >= 15 is 0 Å². The van der Waals surface area contributed by atoms with E-state index in [2.05, 4.69) is 4.84 Å². The van der Waals surface area contributed by atoms with Gasteiger partial charge < -0.3 is 44.2 Å². The van der Waals surface area contributed by atoms with Crippen LogP contribution in [0.3, 0.4) is 0 Å². The third-order valence-electron chi connectivity index (χ3n) is 4.38. The lowest BCUT2D eigenvalue weighted by atomic mass is 9.99. The summed E-state index contributed by atoms with van der Waals surface area (Å²) in [6, 6.07) is 0. The molecule has 0 radical (unpaired) electrons. The van der Waals surface area contributed by atoms with Gasteiger partial charge in [-0.25, -0.2) is 4.79 Å². The lowest BCUT2D eigenvalue weighted by Gasteiger charge is -2.39. The fourth-order valence-electron chi connectivity index (χ4n) is 2.71. The molecular formula is C17H27NO12. The number of amides is 2. The maximum atomic E-state index is 11.6. The van der Waals surface area contributed by atoms with Crippen LogP contribution in [-0.2, 0) is 38.2 Å². The molecule has 2 aliphatic heterocycles. The third kappa shape index (κ3) is 6.92. The smallest absolute Gasteiger partial charge is 0.335 e.